The van der Waals surface area contributed by atoms with E-state index in [1.807, 2.05) is 13.0 Å². The average Bonchev–Trinajstić information content (AvgIpc) is 2.41. The van der Waals surface area contributed by atoms with Gasteiger partial charge in [-0.25, -0.2) is 0 Å². The summed E-state index contributed by atoms with van der Waals surface area (Å²) >= 11 is 0. The molecule has 0 aliphatic carbocycles. The van der Waals surface area contributed by atoms with E-state index in [4.69, 9.17) is 0 Å². The van der Waals surface area contributed by atoms with Gasteiger partial charge in [0.05, 0.1) is 13.0 Å². The predicted octanol–water partition coefficient (Wildman–Crippen LogP) is 4.52. The topological polar surface area (TPSA) is 54.4 Å². The summed E-state index contributed by atoms with van der Waals surface area (Å²) < 4.78 is 32.8. The second-order valence-electron chi connectivity index (χ2n) is 6.88. The predicted molar refractivity (Wildman–Crippen MR) is 96.3 cm³/mol. The Bertz CT molecular complexity index is 580. The van der Waals surface area contributed by atoms with Crippen molar-refractivity contribution < 1.29 is 13.0 Å². The number of unbranched alkanes of at least 4 members (excludes halogenated alkanes) is 5. The molecule has 0 fully saturated rings. The third-order valence-electron chi connectivity index (χ3n) is 4.30. The highest BCUT2D eigenvalue weighted by molar-refractivity contribution is 7.86. The highest BCUT2D eigenvalue weighted by Crippen LogP contribution is 2.20. The van der Waals surface area contributed by atoms with E-state index in [0.29, 0.717) is 0 Å². The van der Waals surface area contributed by atoms with E-state index in [1.54, 1.807) is 12.1 Å². The number of hydrogen-bond donors (Lipinski definition) is 1. The maximum Gasteiger partial charge on any atom is 0.294 e. The van der Waals surface area contributed by atoms with Crippen molar-refractivity contribution in [3.63, 3.8) is 0 Å². The van der Waals surface area contributed by atoms with Crippen molar-refractivity contribution in [1.82, 2.24) is 0 Å². The summed E-state index contributed by atoms with van der Waals surface area (Å²) in [5.41, 5.74) is 1.05. The van der Waals surface area contributed by atoms with Gasteiger partial charge in [-0.1, -0.05) is 82.3 Å². The molecule has 1 aromatic rings. The Labute approximate surface area is 136 Å². The Morgan fingerprint density at radius 3 is 2.23 bits per heavy atom. The Morgan fingerprint density at radius 1 is 1.05 bits per heavy atom. The first kappa shape index (κ1) is 19.4. The largest absolute Gasteiger partial charge is 0.294 e. The molecule has 0 unspecified atom stereocenters. The third kappa shape index (κ3) is 5.86. The highest BCUT2D eigenvalue weighted by Gasteiger charge is 2.29. The lowest BCUT2D eigenvalue weighted by atomic mass is 10.1. The van der Waals surface area contributed by atoms with Gasteiger partial charge in [0.2, 0.25) is 0 Å². The monoisotopic (exact) mass is 342 g/mol. The molecule has 0 aliphatic heterocycles. The van der Waals surface area contributed by atoms with E-state index in [-0.39, 0.29) is 4.90 Å². The van der Waals surface area contributed by atoms with Crippen molar-refractivity contribution >= 4 is 23.4 Å². The minimum atomic E-state index is -4.14. The van der Waals surface area contributed by atoms with Gasteiger partial charge in [-0.3, -0.25) is 4.55 Å². The van der Waals surface area contributed by atoms with Crippen LogP contribution in [0, 0.1) is 6.92 Å². The van der Waals surface area contributed by atoms with Gasteiger partial charge in [0.1, 0.15) is 0 Å². The molecule has 126 valence electrons. The summed E-state index contributed by atoms with van der Waals surface area (Å²) in [6, 6.07) is 6.31. The molecule has 3 nitrogen and oxygen atoms in total. The van der Waals surface area contributed by atoms with E-state index in [1.165, 1.54) is 32.1 Å². The van der Waals surface area contributed by atoms with Crippen LogP contribution in [-0.2, 0) is 10.1 Å². The van der Waals surface area contributed by atoms with Crippen molar-refractivity contribution in [2.24, 2.45) is 0 Å². The fourth-order valence-electron chi connectivity index (χ4n) is 2.88. The molecule has 0 heterocycles. The molecular formula is C17H30O3SSi. The molecule has 0 saturated heterocycles. The van der Waals surface area contributed by atoms with Gasteiger partial charge >= 0.3 is 0 Å². The van der Waals surface area contributed by atoms with Gasteiger partial charge in [-0.2, -0.15) is 8.42 Å². The lowest BCUT2D eigenvalue weighted by Crippen LogP contribution is -2.44. The molecule has 1 rings (SSSR count). The summed E-state index contributed by atoms with van der Waals surface area (Å²) in [7, 11) is -6.01. The first-order valence-electron chi connectivity index (χ1n) is 8.27. The van der Waals surface area contributed by atoms with Gasteiger partial charge in [-0.05, 0) is 18.2 Å². The lowest BCUT2D eigenvalue weighted by Gasteiger charge is -2.25. The Balaban J connectivity index is 2.82. The maximum absolute atomic E-state index is 11.6. The minimum Gasteiger partial charge on any atom is -0.282 e. The quantitative estimate of drug-likeness (QED) is 0.408. The molecule has 0 radical (unpaired) electrons. The molecule has 1 N–H and O–H groups in total. The third-order valence-corrected chi connectivity index (χ3v) is 8.87. The van der Waals surface area contributed by atoms with Gasteiger partial charge in [0.15, 0.2) is 0 Å². The average molecular weight is 343 g/mol. The number of benzene rings is 1. The van der Waals surface area contributed by atoms with E-state index in [0.717, 1.165) is 23.2 Å². The summed E-state index contributed by atoms with van der Waals surface area (Å²) in [5, 5.41) is 0.864. The van der Waals surface area contributed by atoms with Crippen molar-refractivity contribution in [1.29, 1.82) is 0 Å². The fraction of sp³-hybridized carbons (Fsp3) is 0.647. The molecular weight excluding hydrogens is 312 g/mol. The van der Waals surface area contributed by atoms with Crippen LogP contribution in [0.4, 0.5) is 0 Å². The molecule has 5 heteroatoms. The Kier molecular flexibility index (Phi) is 7.29. The molecule has 0 aromatic heterocycles. The van der Waals surface area contributed by atoms with E-state index >= 15 is 0 Å². The second-order valence-corrected chi connectivity index (χ2v) is 13.1. The van der Waals surface area contributed by atoms with Crippen LogP contribution in [0.5, 0.6) is 0 Å². The number of rotatable bonds is 9. The van der Waals surface area contributed by atoms with Crippen LogP contribution >= 0.6 is 0 Å². The molecule has 0 atom stereocenters. The Morgan fingerprint density at radius 2 is 1.64 bits per heavy atom. The van der Waals surface area contributed by atoms with Crippen LogP contribution in [0.1, 0.15) is 51.0 Å². The van der Waals surface area contributed by atoms with Crippen molar-refractivity contribution in [3.05, 3.63) is 23.8 Å². The summed E-state index contributed by atoms with van der Waals surface area (Å²) in [4.78, 5) is 0.112. The fourth-order valence-corrected chi connectivity index (χ4v) is 7.44. The normalized spacial score (nSPS) is 12.6. The molecule has 0 saturated carbocycles. The van der Waals surface area contributed by atoms with Gasteiger partial charge in [0.25, 0.3) is 10.1 Å². The summed E-state index contributed by atoms with van der Waals surface area (Å²) in [6.45, 7) is 8.57. The standard InChI is InChI=1S/C17H30O3SSi/c1-5-6-7-8-9-10-13-22(3,4)17-14-15(2)11-12-16(17)21(18,19)20/h11-12,14H,5-10,13H2,1-4H3,(H,18,19,20). The highest BCUT2D eigenvalue weighted by atomic mass is 32.2. The van der Waals surface area contributed by atoms with Crippen LogP contribution in [-0.4, -0.2) is 21.0 Å². The second kappa shape index (κ2) is 8.27. The van der Waals surface area contributed by atoms with Crippen molar-refractivity contribution in [2.75, 3.05) is 0 Å². The molecule has 1 aromatic carbocycles. The molecule has 0 aliphatic rings. The van der Waals surface area contributed by atoms with Crippen LogP contribution < -0.4 is 5.19 Å². The zero-order valence-corrected chi connectivity index (χ0v) is 16.2. The van der Waals surface area contributed by atoms with Crippen LogP contribution in [0.15, 0.2) is 23.1 Å². The van der Waals surface area contributed by atoms with E-state index in [2.05, 4.69) is 20.0 Å². The SMILES string of the molecule is CCCCCCCC[Si](C)(C)c1cc(C)ccc1S(=O)(=O)O. The first-order valence-corrected chi connectivity index (χ1v) is 12.9. The van der Waals surface area contributed by atoms with Crippen molar-refractivity contribution in [2.45, 2.75) is 76.4 Å². The van der Waals surface area contributed by atoms with Crippen LogP contribution in [0.2, 0.25) is 19.1 Å². The zero-order chi connectivity index (χ0) is 16.8. The lowest BCUT2D eigenvalue weighted by molar-refractivity contribution is 0.484. The number of hydrogen-bond acceptors (Lipinski definition) is 2. The first-order chi connectivity index (χ1) is 10.2. The molecule has 0 spiro atoms. The molecule has 22 heavy (non-hydrogen) atoms. The summed E-state index contributed by atoms with van der Waals surface area (Å²) in [6.07, 6.45) is 7.45. The Hall–Kier alpha value is -0.653. The molecule has 0 amide bonds. The smallest absolute Gasteiger partial charge is 0.282 e. The van der Waals surface area contributed by atoms with Gasteiger partial charge in [-0.15, -0.1) is 0 Å². The van der Waals surface area contributed by atoms with Gasteiger partial charge in [0, 0.05) is 0 Å². The molecule has 0 bridgehead atoms. The number of aryl methyl sites for hydroxylation is 1. The summed E-state index contributed by atoms with van der Waals surface area (Å²) in [5.74, 6) is 0. The van der Waals surface area contributed by atoms with Crippen LogP contribution in [0.25, 0.3) is 0 Å². The van der Waals surface area contributed by atoms with E-state index < -0.39 is 18.2 Å². The van der Waals surface area contributed by atoms with E-state index in [9.17, 15) is 13.0 Å². The maximum atomic E-state index is 11.6. The van der Waals surface area contributed by atoms with Crippen LogP contribution in [0.3, 0.4) is 0 Å². The van der Waals surface area contributed by atoms with Crippen molar-refractivity contribution in [3.8, 4) is 0 Å². The van der Waals surface area contributed by atoms with Gasteiger partial charge < -0.3 is 0 Å². The zero-order valence-electron chi connectivity index (χ0n) is 14.4. The minimum absolute atomic E-state index is 0.112.